The smallest absolute Gasteiger partial charge is 0.177 e. The number of aldehydes is 1. The molecule has 0 aromatic rings. The van der Waals surface area contributed by atoms with Gasteiger partial charge in [-0.1, -0.05) is 5.92 Å². The molecule has 0 aliphatic carbocycles. The topological polar surface area (TPSA) is 37.3 Å². The van der Waals surface area contributed by atoms with Crippen LogP contribution in [0.15, 0.2) is 0 Å². The average Bonchev–Trinajstić information content (AvgIpc) is 1.68. The molecule has 0 aromatic carbocycles. The molecule has 1 atom stereocenters. The van der Waals surface area contributed by atoms with Gasteiger partial charge >= 0.3 is 0 Å². The fourth-order valence-corrected chi connectivity index (χ4v) is 0.0340. The van der Waals surface area contributed by atoms with Gasteiger partial charge in [0.1, 0.15) is 0 Å². The molecule has 0 spiro atoms. The Labute approximate surface area is 42.2 Å². The van der Waals surface area contributed by atoms with Crippen LogP contribution in [-0.4, -0.2) is 17.0 Å². The zero-order valence-corrected chi connectivity index (χ0v) is 4.01. The maximum absolute atomic E-state index is 9.67. The molecule has 0 heterocycles. The zero-order valence-electron chi connectivity index (χ0n) is 4.01. The largest absolute Gasteiger partial charge is 0.371 e. The summed E-state index contributed by atoms with van der Waals surface area (Å²) in [6.07, 6.45) is 5.00. The monoisotopic (exact) mass is 98.0 g/mol. The van der Waals surface area contributed by atoms with Crippen LogP contribution in [0.2, 0.25) is 0 Å². The summed E-state index contributed by atoms with van der Waals surface area (Å²) in [5, 5.41) is 8.53. The van der Waals surface area contributed by atoms with Crippen molar-refractivity contribution in [1.82, 2.24) is 0 Å². The normalized spacial score (nSPS) is 16.7. The lowest BCUT2D eigenvalue weighted by Crippen LogP contribution is -2.22. The van der Waals surface area contributed by atoms with Crippen LogP contribution in [0.1, 0.15) is 6.92 Å². The van der Waals surface area contributed by atoms with Crippen LogP contribution in [0.3, 0.4) is 0 Å². The SMILES string of the molecule is C#CC(C)(O)C=O. The second-order valence-corrected chi connectivity index (χ2v) is 1.41. The molecule has 0 aliphatic heterocycles. The van der Waals surface area contributed by atoms with E-state index in [1.54, 1.807) is 0 Å². The highest BCUT2D eigenvalue weighted by atomic mass is 16.3. The van der Waals surface area contributed by atoms with Crippen molar-refractivity contribution in [3.63, 3.8) is 0 Å². The second-order valence-electron chi connectivity index (χ2n) is 1.41. The lowest BCUT2D eigenvalue weighted by atomic mass is 10.1. The number of hydrogen-bond donors (Lipinski definition) is 1. The summed E-state index contributed by atoms with van der Waals surface area (Å²) < 4.78 is 0. The highest BCUT2D eigenvalue weighted by molar-refractivity contribution is 5.66. The summed E-state index contributed by atoms with van der Waals surface area (Å²) in [7, 11) is 0. The lowest BCUT2D eigenvalue weighted by Gasteiger charge is -2.02. The van der Waals surface area contributed by atoms with Gasteiger partial charge in [-0.25, -0.2) is 0 Å². The van der Waals surface area contributed by atoms with Gasteiger partial charge in [-0.3, -0.25) is 4.79 Å². The summed E-state index contributed by atoms with van der Waals surface area (Å²) in [6.45, 7) is 1.25. The van der Waals surface area contributed by atoms with Crippen molar-refractivity contribution in [3.05, 3.63) is 0 Å². The molecule has 2 nitrogen and oxygen atoms in total. The summed E-state index contributed by atoms with van der Waals surface area (Å²) in [6, 6.07) is 0. The van der Waals surface area contributed by atoms with E-state index in [-0.39, 0.29) is 0 Å². The molecule has 1 unspecified atom stereocenters. The molecular weight excluding hydrogens is 92.1 g/mol. The maximum Gasteiger partial charge on any atom is 0.177 e. The third-order valence-electron chi connectivity index (χ3n) is 0.522. The predicted octanol–water partition coefficient (Wildman–Crippen LogP) is -0.431. The molecular formula is C5H6O2. The quantitative estimate of drug-likeness (QED) is 0.357. The molecule has 0 rings (SSSR count). The molecule has 7 heavy (non-hydrogen) atoms. The fraction of sp³-hybridized carbons (Fsp3) is 0.400. The van der Waals surface area contributed by atoms with Crippen LogP contribution < -0.4 is 0 Å². The molecule has 0 saturated carbocycles. The third-order valence-corrected chi connectivity index (χ3v) is 0.522. The molecule has 0 bridgehead atoms. The van der Waals surface area contributed by atoms with E-state index in [4.69, 9.17) is 5.11 Å². The molecule has 0 radical (unpaired) electrons. The first kappa shape index (κ1) is 6.19. The van der Waals surface area contributed by atoms with Crippen LogP contribution in [-0.2, 0) is 4.79 Å². The number of carbonyl (C=O) groups excluding carboxylic acids is 1. The number of rotatable bonds is 1. The van der Waals surface area contributed by atoms with E-state index in [2.05, 4.69) is 6.42 Å². The summed E-state index contributed by atoms with van der Waals surface area (Å²) in [4.78, 5) is 9.67. The molecule has 38 valence electrons. The van der Waals surface area contributed by atoms with Gasteiger partial charge in [0.05, 0.1) is 0 Å². The van der Waals surface area contributed by atoms with Crippen LogP contribution in [0.25, 0.3) is 0 Å². The first-order valence-corrected chi connectivity index (χ1v) is 1.79. The molecule has 1 N–H and O–H groups in total. The van der Waals surface area contributed by atoms with Gasteiger partial charge in [0.15, 0.2) is 11.9 Å². The van der Waals surface area contributed by atoms with Crippen molar-refractivity contribution in [2.75, 3.05) is 0 Å². The van der Waals surface area contributed by atoms with E-state index in [1.807, 2.05) is 5.92 Å². The van der Waals surface area contributed by atoms with Gasteiger partial charge in [0.25, 0.3) is 0 Å². The van der Waals surface area contributed by atoms with E-state index in [9.17, 15) is 4.79 Å². The van der Waals surface area contributed by atoms with Crippen molar-refractivity contribution < 1.29 is 9.90 Å². The molecule has 2 heteroatoms. The van der Waals surface area contributed by atoms with Crippen LogP contribution in [0, 0.1) is 12.3 Å². The van der Waals surface area contributed by atoms with Crippen molar-refractivity contribution in [3.8, 4) is 12.3 Å². The van der Waals surface area contributed by atoms with Crippen LogP contribution >= 0.6 is 0 Å². The Morgan fingerprint density at radius 3 is 2.43 bits per heavy atom. The Kier molecular flexibility index (Phi) is 1.56. The Hall–Kier alpha value is -0.810. The van der Waals surface area contributed by atoms with Crippen LogP contribution in [0.5, 0.6) is 0 Å². The number of terminal acetylenes is 1. The Bertz CT molecular complexity index is 108. The van der Waals surface area contributed by atoms with E-state index < -0.39 is 5.60 Å². The minimum Gasteiger partial charge on any atom is -0.371 e. The van der Waals surface area contributed by atoms with E-state index in [0.29, 0.717) is 6.29 Å². The van der Waals surface area contributed by atoms with E-state index in [0.717, 1.165) is 0 Å². The van der Waals surface area contributed by atoms with E-state index in [1.165, 1.54) is 6.92 Å². The van der Waals surface area contributed by atoms with Crippen molar-refractivity contribution in [1.29, 1.82) is 0 Å². The third kappa shape index (κ3) is 1.96. The Morgan fingerprint density at radius 2 is 2.43 bits per heavy atom. The van der Waals surface area contributed by atoms with Gasteiger partial charge in [0.2, 0.25) is 0 Å². The van der Waals surface area contributed by atoms with E-state index >= 15 is 0 Å². The highest BCUT2D eigenvalue weighted by Crippen LogP contribution is 1.91. The minimum absolute atomic E-state index is 0.312. The molecule has 0 aromatic heterocycles. The number of hydrogen-bond acceptors (Lipinski definition) is 2. The van der Waals surface area contributed by atoms with Gasteiger partial charge in [-0.2, -0.15) is 0 Å². The first-order chi connectivity index (χ1) is 3.12. The second kappa shape index (κ2) is 1.76. The first-order valence-electron chi connectivity index (χ1n) is 1.79. The Balaban J connectivity index is 3.91. The Morgan fingerprint density at radius 1 is 2.00 bits per heavy atom. The molecule has 0 aliphatic rings. The van der Waals surface area contributed by atoms with Crippen molar-refractivity contribution in [2.24, 2.45) is 0 Å². The van der Waals surface area contributed by atoms with Crippen molar-refractivity contribution in [2.45, 2.75) is 12.5 Å². The number of aliphatic hydroxyl groups is 1. The number of carbonyl (C=O) groups is 1. The van der Waals surface area contributed by atoms with Crippen LogP contribution in [0.4, 0.5) is 0 Å². The minimum atomic E-state index is -1.57. The summed E-state index contributed by atoms with van der Waals surface area (Å²) >= 11 is 0. The van der Waals surface area contributed by atoms with Gasteiger partial charge in [-0.05, 0) is 6.92 Å². The zero-order chi connectivity index (χ0) is 5.91. The fourth-order valence-electron chi connectivity index (χ4n) is 0.0340. The maximum atomic E-state index is 9.67. The van der Waals surface area contributed by atoms with Gasteiger partial charge < -0.3 is 5.11 Å². The average molecular weight is 98.1 g/mol. The predicted molar refractivity (Wildman–Crippen MR) is 25.5 cm³/mol. The molecule has 0 fully saturated rings. The molecule has 0 amide bonds. The highest BCUT2D eigenvalue weighted by Gasteiger charge is 2.12. The van der Waals surface area contributed by atoms with Crippen molar-refractivity contribution >= 4 is 6.29 Å². The standard InChI is InChI=1S/C5H6O2/c1-3-5(2,7)4-6/h1,4,7H,2H3. The lowest BCUT2D eigenvalue weighted by molar-refractivity contribution is -0.118. The summed E-state index contributed by atoms with van der Waals surface area (Å²) in [5.41, 5.74) is -1.57. The summed E-state index contributed by atoms with van der Waals surface area (Å²) in [5.74, 6) is 1.88. The van der Waals surface area contributed by atoms with Gasteiger partial charge in [0, 0.05) is 0 Å². The molecule has 0 saturated heterocycles. The van der Waals surface area contributed by atoms with Gasteiger partial charge in [-0.15, -0.1) is 6.42 Å².